The lowest BCUT2D eigenvalue weighted by Crippen LogP contribution is -2.42. The highest BCUT2D eigenvalue weighted by Gasteiger charge is 2.42. The van der Waals surface area contributed by atoms with Crippen molar-refractivity contribution >= 4 is 11.6 Å². The maximum absolute atomic E-state index is 12.4. The molecule has 3 nitrogen and oxygen atoms in total. The van der Waals surface area contributed by atoms with Gasteiger partial charge in [0.05, 0.1) is 0 Å². The minimum atomic E-state index is -4.87. The minimum absolute atomic E-state index is 0.0428. The number of carbonyl (C=O) groups excluding carboxylic acids is 1. The SMILES string of the molecule is NCCCN(C(=O)C(F)(F)F)c1ccccc1. The van der Waals surface area contributed by atoms with Crippen LogP contribution in [0.15, 0.2) is 30.3 Å². The second-order valence-corrected chi connectivity index (χ2v) is 3.43. The number of halogens is 3. The monoisotopic (exact) mass is 246 g/mol. The third-order valence-electron chi connectivity index (χ3n) is 2.14. The van der Waals surface area contributed by atoms with Crippen LogP contribution < -0.4 is 10.6 Å². The van der Waals surface area contributed by atoms with Gasteiger partial charge in [0.2, 0.25) is 0 Å². The third kappa shape index (κ3) is 3.74. The molecular weight excluding hydrogens is 233 g/mol. The molecule has 1 amide bonds. The fraction of sp³-hybridized carbons (Fsp3) is 0.364. The first-order valence-corrected chi connectivity index (χ1v) is 5.10. The molecule has 0 radical (unpaired) electrons. The van der Waals surface area contributed by atoms with E-state index < -0.39 is 12.1 Å². The molecule has 0 aliphatic rings. The molecule has 0 saturated heterocycles. The third-order valence-corrected chi connectivity index (χ3v) is 2.14. The van der Waals surface area contributed by atoms with Crippen molar-refractivity contribution in [2.24, 2.45) is 5.73 Å². The van der Waals surface area contributed by atoms with Crippen molar-refractivity contribution in [1.29, 1.82) is 0 Å². The number of rotatable bonds is 4. The van der Waals surface area contributed by atoms with Crippen LogP contribution in [0.5, 0.6) is 0 Å². The van der Waals surface area contributed by atoms with Crippen LogP contribution in [0.2, 0.25) is 0 Å². The summed E-state index contributed by atoms with van der Waals surface area (Å²) < 4.78 is 37.2. The van der Waals surface area contributed by atoms with Crippen LogP contribution in [0.25, 0.3) is 0 Å². The Morgan fingerprint density at radius 3 is 2.29 bits per heavy atom. The maximum atomic E-state index is 12.4. The van der Waals surface area contributed by atoms with E-state index in [0.717, 1.165) is 0 Å². The number of para-hydroxylation sites is 1. The van der Waals surface area contributed by atoms with Crippen molar-refractivity contribution < 1.29 is 18.0 Å². The molecule has 0 aliphatic carbocycles. The molecule has 0 bridgehead atoms. The summed E-state index contributed by atoms with van der Waals surface area (Å²) in [6, 6.07) is 7.74. The number of alkyl halides is 3. The largest absolute Gasteiger partial charge is 0.471 e. The molecular formula is C11H13F3N2O. The van der Waals surface area contributed by atoms with Crippen LogP contribution in [0.1, 0.15) is 6.42 Å². The van der Waals surface area contributed by atoms with E-state index in [9.17, 15) is 18.0 Å². The van der Waals surface area contributed by atoms with E-state index in [2.05, 4.69) is 0 Å². The average molecular weight is 246 g/mol. The summed E-state index contributed by atoms with van der Waals surface area (Å²) in [4.78, 5) is 11.9. The Morgan fingerprint density at radius 1 is 1.24 bits per heavy atom. The molecule has 0 aromatic heterocycles. The average Bonchev–Trinajstić information content (AvgIpc) is 2.29. The van der Waals surface area contributed by atoms with Crippen molar-refractivity contribution in [3.63, 3.8) is 0 Å². The molecule has 0 saturated carbocycles. The fourth-order valence-corrected chi connectivity index (χ4v) is 1.36. The molecule has 1 rings (SSSR count). The topological polar surface area (TPSA) is 46.3 Å². The first-order chi connectivity index (χ1) is 7.96. The summed E-state index contributed by atoms with van der Waals surface area (Å²) in [6.07, 6.45) is -4.55. The lowest BCUT2D eigenvalue weighted by molar-refractivity contribution is -0.170. The first kappa shape index (κ1) is 13.5. The second-order valence-electron chi connectivity index (χ2n) is 3.43. The number of carbonyl (C=O) groups is 1. The highest BCUT2D eigenvalue weighted by atomic mass is 19.4. The molecule has 17 heavy (non-hydrogen) atoms. The lowest BCUT2D eigenvalue weighted by Gasteiger charge is -2.23. The summed E-state index contributed by atoms with van der Waals surface area (Å²) in [7, 11) is 0. The molecule has 0 unspecified atom stereocenters. The quantitative estimate of drug-likeness (QED) is 0.882. The molecule has 0 fully saturated rings. The van der Waals surface area contributed by atoms with Gasteiger partial charge in [-0.2, -0.15) is 13.2 Å². The zero-order chi connectivity index (χ0) is 12.9. The van der Waals surface area contributed by atoms with Crippen LogP contribution in [-0.4, -0.2) is 25.2 Å². The number of nitrogens with two attached hydrogens (primary N) is 1. The van der Waals surface area contributed by atoms with E-state index in [-0.39, 0.29) is 18.8 Å². The number of hydrogen-bond acceptors (Lipinski definition) is 2. The van der Waals surface area contributed by atoms with Gasteiger partial charge in [-0.15, -0.1) is 0 Å². The Labute approximate surface area is 97.0 Å². The highest BCUT2D eigenvalue weighted by Crippen LogP contribution is 2.23. The van der Waals surface area contributed by atoms with Crippen LogP contribution >= 0.6 is 0 Å². The minimum Gasteiger partial charge on any atom is -0.330 e. The van der Waals surface area contributed by atoms with Crippen molar-refractivity contribution in [3.8, 4) is 0 Å². The molecule has 0 aliphatic heterocycles. The van der Waals surface area contributed by atoms with Gasteiger partial charge in [0.25, 0.3) is 0 Å². The van der Waals surface area contributed by atoms with Gasteiger partial charge < -0.3 is 10.6 Å². The number of amides is 1. The fourth-order valence-electron chi connectivity index (χ4n) is 1.36. The number of nitrogens with zero attached hydrogens (tertiary/aromatic N) is 1. The van der Waals surface area contributed by atoms with Crippen LogP contribution in [0.3, 0.4) is 0 Å². The number of benzene rings is 1. The van der Waals surface area contributed by atoms with Gasteiger partial charge in [-0.25, -0.2) is 0 Å². The Hall–Kier alpha value is -1.56. The first-order valence-electron chi connectivity index (χ1n) is 5.10. The predicted octanol–water partition coefficient (Wildman–Crippen LogP) is 1.93. The van der Waals surface area contributed by atoms with Crippen molar-refractivity contribution in [1.82, 2.24) is 0 Å². The standard InChI is InChI=1S/C11H13F3N2O/c12-11(13,14)10(17)16(8-4-7-15)9-5-2-1-3-6-9/h1-3,5-6H,4,7-8,15H2. The summed E-state index contributed by atoms with van der Waals surface area (Å²) in [6.45, 7) is 0.188. The van der Waals surface area contributed by atoms with Crippen LogP contribution in [0.4, 0.5) is 18.9 Å². The van der Waals surface area contributed by atoms with Gasteiger partial charge in [0, 0.05) is 12.2 Å². The summed E-state index contributed by atoms with van der Waals surface area (Å²) in [5, 5.41) is 0. The van der Waals surface area contributed by atoms with Crippen molar-refractivity contribution in [2.45, 2.75) is 12.6 Å². The van der Waals surface area contributed by atoms with Gasteiger partial charge in [-0.05, 0) is 25.1 Å². The second kappa shape index (κ2) is 5.67. The van der Waals surface area contributed by atoms with Gasteiger partial charge in [-0.1, -0.05) is 18.2 Å². The lowest BCUT2D eigenvalue weighted by atomic mass is 10.2. The molecule has 2 N–H and O–H groups in total. The van der Waals surface area contributed by atoms with Gasteiger partial charge in [0.1, 0.15) is 0 Å². The van der Waals surface area contributed by atoms with E-state index in [1.165, 1.54) is 12.1 Å². The van der Waals surface area contributed by atoms with E-state index in [1.807, 2.05) is 0 Å². The van der Waals surface area contributed by atoms with E-state index in [1.54, 1.807) is 18.2 Å². The Balaban J connectivity index is 2.92. The smallest absolute Gasteiger partial charge is 0.330 e. The Morgan fingerprint density at radius 2 is 1.82 bits per heavy atom. The van der Waals surface area contributed by atoms with Crippen LogP contribution in [0, 0.1) is 0 Å². The predicted molar refractivity (Wildman–Crippen MR) is 58.5 cm³/mol. The van der Waals surface area contributed by atoms with Crippen molar-refractivity contribution in [2.75, 3.05) is 18.0 Å². The normalized spacial score (nSPS) is 11.3. The van der Waals surface area contributed by atoms with E-state index >= 15 is 0 Å². The molecule has 1 aromatic carbocycles. The molecule has 1 aromatic rings. The van der Waals surface area contributed by atoms with Gasteiger partial charge >= 0.3 is 12.1 Å². The Bertz CT molecular complexity index is 365. The van der Waals surface area contributed by atoms with Gasteiger partial charge in [-0.3, -0.25) is 4.79 Å². The summed E-state index contributed by atoms with van der Waals surface area (Å²) in [5.74, 6) is -1.86. The Kier molecular flexibility index (Phi) is 4.51. The number of anilines is 1. The molecule has 94 valence electrons. The zero-order valence-corrected chi connectivity index (χ0v) is 9.07. The maximum Gasteiger partial charge on any atom is 0.471 e. The molecule has 0 spiro atoms. The van der Waals surface area contributed by atoms with E-state index in [0.29, 0.717) is 11.3 Å². The van der Waals surface area contributed by atoms with Gasteiger partial charge in [0.15, 0.2) is 0 Å². The zero-order valence-electron chi connectivity index (χ0n) is 9.07. The van der Waals surface area contributed by atoms with E-state index in [4.69, 9.17) is 5.73 Å². The summed E-state index contributed by atoms with van der Waals surface area (Å²) in [5.41, 5.74) is 5.47. The molecule has 0 heterocycles. The van der Waals surface area contributed by atoms with Crippen LogP contribution in [-0.2, 0) is 4.79 Å². The van der Waals surface area contributed by atoms with Crippen molar-refractivity contribution in [3.05, 3.63) is 30.3 Å². The number of hydrogen-bond donors (Lipinski definition) is 1. The molecule has 0 atom stereocenters. The molecule has 6 heteroatoms. The highest BCUT2D eigenvalue weighted by molar-refractivity contribution is 5.97. The summed E-state index contributed by atoms with van der Waals surface area (Å²) >= 11 is 0.